The maximum atomic E-state index is 3.75. The molecular weight excluding hydrogens is 130 g/mol. The van der Waals surface area contributed by atoms with Gasteiger partial charge < -0.3 is 0 Å². The van der Waals surface area contributed by atoms with Crippen molar-refractivity contribution in [1.82, 2.24) is 25.1 Å². The molecule has 1 unspecified atom stereocenters. The molecule has 0 amide bonds. The predicted octanol–water partition coefficient (Wildman–Crippen LogP) is -0.247. The molecule has 0 aromatic carbocycles. The fourth-order valence-corrected chi connectivity index (χ4v) is 0.576. The highest BCUT2D eigenvalue weighted by Gasteiger charge is 2.05. The molecular formula is C5H11N5. The Labute approximate surface area is 59.6 Å². The van der Waals surface area contributed by atoms with Gasteiger partial charge in [-0.3, -0.25) is 4.90 Å². The molecule has 0 aliphatic rings. The van der Waals surface area contributed by atoms with Gasteiger partial charge in [0.1, 0.15) is 12.5 Å². The zero-order chi connectivity index (χ0) is 7.56. The Hall–Kier alpha value is -0.970. The number of aromatic nitrogens is 4. The second-order valence-corrected chi connectivity index (χ2v) is 2.39. The smallest absolute Gasteiger partial charge is 0.140 e. The van der Waals surface area contributed by atoms with Crippen LogP contribution in [-0.2, 0) is 0 Å². The summed E-state index contributed by atoms with van der Waals surface area (Å²) in [5.41, 5.74) is 0. The zero-order valence-corrected chi connectivity index (χ0v) is 6.39. The molecule has 1 rings (SSSR count). The van der Waals surface area contributed by atoms with Crippen molar-refractivity contribution in [2.75, 3.05) is 14.1 Å². The third-order valence-electron chi connectivity index (χ3n) is 1.50. The molecule has 0 saturated heterocycles. The van der Waals surface area contributed by atoms with Crippen molar-refractivity contribution in [3.8, 4) is 0 Å². The van der Waals surface area contributed by atoms with Crippen LogP contribution in [0.1, 0.15) is 13.1 Å². The number of rotatable bonds is 2. The van der Waals surface area contributed by atoms with Gasteiger partial charge in [0.2, 0.25) is 0 Å². The Kier molecular flexibility index (Phi) is 1.96. The van der Waals surface area contributed by atoms with E-state index < -0.39 is 0 Å². The first-order valence-electron chi connectivity index (χ1n) is 3.10. The van der Waals surface area contributed by atoms with Gasteiger partial charge in [0, 0.05) is 0 Å². The third-order valence-corrected chi connectivity index (χ3v) is 1.50. The van der Waals surface area contributed by atoms with Gasteiger partial charge in [-0.25, -0.2) is 4.68 Å². The fourth-order valence-electron chi connectivity index (χ4n) is 0.576. The lowest BCUT2D eigenvalue weighted by molar-refractivity contribution is 0.217. The minimum absolute atomic E-state index is 0.218. The molecule has 5 heteroatoms. The van der Waals surface area contributed by atoms with Crippen LogP contribution in [0.15, 0.2) is 6.33 Å². The second kappa shape index (κ2) is 2.74. The molecule has 1 aromatic heterocycles. The van der Waals surface area contributed by atoms with Crippen molar-refractivity contribution in [3.05, 3.63) is 6.33 Å². The molecule has 1 atom stereocenters. The molecule has 0 bridgehead atoms. The Morgan fingerprint density at radius 1 is 1.50 bits per heavy atom. The summed E-state index contributed by atoms with van der Waals surface area (Å²) in [4.78, 5) is 2.02. The van der Waals surface area contributed by atoms with Crippen LogP contribution in [0.3, 0.4) is 0 Å². The van der Waals surface area contributed by atoms with Gasteiger partial charge in [0.25, 0.3) is 0 Å². The van der Waals surface area contributed by atoms with Gasteiger partial charge in [-0.1, -0.05) is 0 Å². The van der Waals surface area contributed by atoms with E-state index in [1.54, 1.807) is 11.0 Å². The van der Waals surface area contributed by atoms with Crippen molar-refractivity contribution in [1.29, 1.82) is 0 Å². The summed E-state index contributed by atoms with van der Waals surface area (Å²) in [6.07, 6.45) is 1.82. The van der Waals surface area contributed by atoms with E-state index in [9.17, 15) is 0 Å². The third kappa shape index (κ3) is 1.30. The van der Waals surface area contributed by atoms with Crippen LogP contribution in [-0.4, -0.2) is 39.2 Å². The summed E-state index contributed by atoms with van der Waals surface area (Å²) in [7, 11) is 3.96. The van der Waals surface area contributed by atoms with Crippen LogP contribution in [0.2, 0.25) is 0 Å². The van der Waals surface area contributed by atoms with E-state index in [-0.39, 0.29) is 6.17 Å². The van der Waals surface area contributed by atoms with Crippen molar-refractivity contribution in [3.63, 3.8) is 0 Å². The van der Waals surface area contributed by atoms with Crippen molar-refractivity contribution < 1.29 is 0 Å². The van der Waals surface area contributed by atoms with Crippen LogP contribution in [0, 0.1) is 0 Å². The van der Waals surface area contributed by atoms with Crippen molar-refractivity contribution in [2.45, 2.75) is 13.1 Å². The lowest BCUT2D eigenvalue weighted by atomic mass is 10.5. The van der Waals surface area contributed by atoms with Gasteiger partial charge in [-0.05, 0) is 31.4 Å². The van der Waals surface area contributed by atoms with Gasteiger partial charge in [0.15, 0.2) is 0 Å². The first kappa shape index (κ1) is 7.14. The molecule has 0 radical (unpaired) electrons. The summed E-state index contributed by atoms with van der Waals surface area (Å²) in [6.45, 7) is 2.02. The monoisotopic (exact) mass is 141 g/mol. The van der Waals surface area contributed by atoms with Crippen LogP contribution < -0.4 is 0 Å². The topological polar surface area (TPSA) is 46.8 Å². The average Bonchev–Trinajstić information content (AvgIpc) is 2.36. The van der Waals surface area contributed by atoms with Gasteiger partial charge in [-0.2, -0.15) is 0 Å². The van der Waals surface area contributed by atoms with E-state index in [1.165, 1.54) is 0 Å². The lowest BCUT2D eigenvalue weighted by Crippen LogP contribution is -2.23. The van der Waals surface area contributed by atoms with E-state index in [1.807, 2.05) is 25.9 Å². The second-order valence-electron chi connectivity index (χ2n) is 2.39. The Morgan fingerprint density at radius 3 is 2.60 bits per heavy atom. The van der Waals surface area contributed by atoms with Gasteiger partial charge in [0.05, 0.1) is 0 Å². The molecule has 1 aromatic rings. The highest BCUT2D eigenvalue weighted by Crippen LogP contribution is 2.02. The molecule has 1 heterocycles. The zero-order valence-electron chi connectivity index (χ0n) is 6.39. The molecule has 10 heavy (non-hydrogen) atoms. The molecule has 0 spiro atoms. The normalized spacial score (nSPS) is 14.0. The molecule has 0 saturated carbocycles. The van der Waals surface area contributed by atoms with Gasteiger partial charge >= 0.3 is 0 Å². The van der Waals surface area contributed by atoms with Crippen LogP contribution in [0.4, 0.5) is 0 Å². The summed E-state index contributed by atoms with van der Waals surface area (Å²) in [5.74, 6) is 0. The summed E-state index contributed by atoms with van der Waals surface area (Å²) in [5, 5.41) is 10.8. The highest BCUT2D eigenvalue weighted by molar-refractivity contribution is 4.56. The fraction of sp³-hybridized carbons (Fsp3) is 0.800. The molecule has 5 nitrogen and oxygen atoms in total. The molecule has 56 valence electrons. The number of hydrogen-bond donors (Lipinski definition) is 0. The Bertz CT molecular complexity index is 180. The summed E-state index contributed by atoms with van der Waals surface area (Å²) < 4.78 is 1.69. The first-order chi connectivity index (χ1) is 4.72. The summed E-state index contributed by atoms with van der Waals surface area (Å²) >= 11 is 0. The number of hydrogen-bond acceptors (Lipinski definition) is 4. The summed E-state index contributed by atoms with van der Waals surface area (Å²) in [6, 6.07) is 0. The first-order valence-corrected chi connectivity index (χ1v) is 3.10. The molecule has 0 aliphatic carbocycles. The van der Waals surface area contributed by atoms with E-state index in [2.05, 4.69) is 15.5 Å². The number of nitrogens with zero attached hydrogens (tertiary/aromatic N) is 5. The largest absolute Gasteiger partial charge is 0.288 e. The van der Waals surface area contributed by atoms with Gasteiger partial charge in [-0.15, -0.1) is 5.10 Å². The maximum Gasteiger partial charge on any atom is 0.140 e. The predicted molar refractivity (Wildman–Crippen MR) is 36.2 cm³/mol. The molecule has 0 aliphatic heterocycles. The molecule has 0 fully saturated rings. The maximum absolute atomic E-state index is 3.75. The van der Waals surface area contributed by atoms with E-state index in [4.69, 9.17) is 0 Å². The highest BCUT2D eigenvalue weighted by atomic mass is 15.6. The van der Waals surface area contributed by atoms with E-state index >= 15 is 0 Å². The van der Waals surface area contributed by atoms with Crippen molar-refractivity contribution >= 4 is 0 Å². The Morgan fingerprint density at radius 2 is 2.20 bits per heavy atom. The van der Waals surface area contributed by atoms with Crippen LogP contribution in [0.25, 0.3) is 0 Å². The minimum atomic E-state index is 0.218. The number of tetrazole rings is 1. The Balaban J connectivity index is 2.68. The average molecular weight is 141 g/mol. The standard InChI is InChI=1S/C5H11N5/c1-5(9(2)3)10-4-6-7-8-10/h4-5H,1-3H3. The molecule has 0 N–H and O–H groups in total. The van der Waals surface area contributed by atoms with E-state index in [0.29, 0.717) is 0 Å². The SMILES string of the molecule is CC(N(C)C)n1cnnn1. The minimum Gasteiger partial charge on any atom is -0.288 e. The van der Waals surface area contributed by atoms with Crippen LogP contribution in [0.5, 0.6) is 0 Å². The van der Waals surface area contributed by atoms with Crippen molar-refractivity contribution in [2.24, 2.45) is 0 Å². The lowest BCUT2D eigenvalue weighted by Gasteiger charge is -2.17. The van der Waals surface area contributed by atoms with E-state index in [0.717, 1.165) is 0 Å². The quantitative estimate of drug-likeness (QED) is 0.570. The van der Waals surface area contributed by atoms with Crippen LogP contribution >= 0.6 is 0 Å².